The maximum absolute atomic E-state index is 11.9. The predicted octanol–water partition coefficient (Wildman–Crippen LogP) is 0.297. The summed E-state index contributed by atoms with van der Waals surface area (Å²) in [6, 6.07) is 0. The highest BCUT2D eigenvalue weighted by Crippen LogP contribution is 2.74. The number of carbonyl (C=O) groups excluding carboxylic acids is 1. The number of cyclic esters (lactones) is 1. The predicted molar refractivity (Wildman–Crippen MR) is 128 cm³/mol. The van der Waals surface area contributed by atoms with Gasteiger partial charge in [0, 0.05) is 22.8 Å². The Balaban J connectivity index is 1.20. The van der Waals surface area contributed by atoms with Crippen LogP contribution in [0.25, 0.3) is 0 Å². The maximum atomic E-state index is 11.9. The quantitative estimate of drug-likeness (QED) is 0.260. The van der Waals surface area contributed by atoms with E-state index in [9.17, 15) is 30.3 Å². The molecule has 9 heteroatoms. The largest absolute Gasteiger partial charge is 0.458 e. The van der Waals surface area contributed by atoms with Crippen molar-refractivity contribution in [1.29, 1.82) is 0 Å². The minimum Gasteiger partial charge on any atom is -0.458 e. The molecule has 5 N–H and O–H groups in total. The van der Waals surface area contributed by atoms with Gasteiger partial charge in [-0.1, -0.05) is 20.8 Å². The molecule has 7 rings (SSSR count). The minimum atomic E-state index is -1.21. The van der Waals surface area contributed by atoms with Crippen molar-refractivity contribution in [2.75, 3.05) is 6.61 Å². The number of rotatable bonds is 4. The molecule has 206 valence electrons. The molecule has 4 saturated carbocycles. The lowest BCUT2D eigenvalue weighted by Gasteiger charge is -2.63. The molecular formula is C28H40O9. The first-order valence-corrected chi connectivity index (χ1v) is 14.0. The van der Waals surface area contributed by atoms with E-state index in [4.69, 9.17) is 14.2 Å². The first-order valence-electron chi connectivity index (χ1n) is 14.0. The van der Waals surface area contributed by atoms with E-state index in [1.54, 1.807) is 6.92 Å². The van der Waals surface area contributed by atoms with Crippen LogP contribution in [0.4, 0.5) is 0 Å². The van der Waals surface area contributed by atoms with E-state index >= 15 is 0 Å². The minimum absolute atomic E-state index is 0.0246. The third-order valence-corrected chi connectivity index (χ3v) is 12.5. The van der Waals surface area contributed by atoms with Gasteiger partial charge >= 0.3 is 5.97 Å². The number of aliphatic hydroxyl groups excluding tert-OH is 4. The molecule has 2 saturated heterocycles. The summed E-state index contributed by atoms with van der Waals surface area (Å²) in [5.41, 5.74) is -1.45. The first-order chi connectivity index (χ1) is 17.4. The van der Waals surface area contributed by atoms with E-state index in [0.29, 0.717) is 31.3 Å². The Hall–Kier alpha value is -1.07. The number of fused-ring (bicyclic) bond motifs is 9. The molecule has 16 atom stereocenters. The van der Waals surface area contributed by atoms with Gasteiger partial charge in [0.05, 0.1) is 36.6 Å². The summed E-state index contributed by atoms with van der Waals surface area (Å²) in [4.78, 5) is 11.8. The molecule has 37 heavy (non-hydrogen) atoms. The summed E-state index contributed by atoms with van der Waals surface area (Å²) in [6.07, 6.45) is -2.56. The number of carbonyl (C=O) groups is 1. The number of epoxide rings is 2. The number of aliphatic hydroxyl groups is 5. The molecule has 0 spiro atoms. The molecule has 1 unspecified atom stereocenters. The van der Waals surface area contributed by atoms with Gasteiger partial charge in [-0.05, 0) is 61.3 Å². The fourth-order valence-electron chi connectivity index (χ4n) is 10.2. The standard InChI is InChI=1S/C28H40O9/c1-10-12(9-35-25(10)33)5-15(29)11(2)20-16(30)6-13-19-14(7-18(31)26(13,20)3)27(4)23(32)21-17(36-21)8-28(27,34)24-22(19)37-24/h11,13-24,29-32,34H,5-9H2,1-4H3/t11-,13+,14+,15-,16-,17+,18+,19+,20?,21+,22+,23+,24+,26-,27+,28+/m1/s1. The van der Waals surface area contributed by atoms with Crippen LogP contribution in [0.1, 0.15) is 53.4 Å². The monoisotopic (exact) mass is 520 g/mol. The SMILES string of the molecule is CC1=C(C[C@@H](O)[C@@H](C)C2[C@H](O)C[C@H]3[C@@H]4[C@@H]5O[C@@H]5[C@@]5(O)C[C@@H]6O[C@@H]6[C@H](O)[C@]5(C)[C@H]4C[C@H](O)[C@]23C)COC1=O. The molecule has 9 nitrogen and oxygen atoms in total. The normalized spacial score (nSPS) is 58.9. The molecule has 6 fully saturated rings. The summed E-state index contributed by atoms with van der Waals surface area (Å²) in [5, 5.41) is 57.8. The average Bonchev–Trinajstić information content (AvgIpc) is 3.75. The van der Waals surface area contributed by atoms with E-state index in [-0.39, 0.29) is 66.6 Å². The van der Waals surface area contributed by atoms with Crippen molar-refractivity contribution in [2.45, 2.75) is 108 Å². The molecular weight excluding hydrogens is 480 g/mol. The molecule has 4 aliphatic carbocycles. The molecule has 0 radical (unpaired) electrons. The molecule has 0 aromatic rings. The molecule has 3 heterocycles. The van der Waals surface area contributed by atoms with Crippen molar-refractivity contribution in [3.63, 3.8) is 0 Å². The third kappa shape index (κ3) is 2.92. The molecule has 0 bridgehead atoms. The fraction of sp³-hybridized carbons (Fsp3) is 0.893. The van der Waals surface area contributed by atoms with Crippen LogP contribution >= 0.6 is 0 Å². The van der Waals surface area contributed by atoms with E-state index in [1.807, 2.05) is 20.8 Å². The van der Waals surface area contributed by atoms with Gasteiger partial charge in [0.2, 0.25) is 0 Å². The van der Waals surface area contributed by atoms with Gasteiger partial charge in [0.1, 0.15) is 24.4 Å². The smallest absolute Gasteiger partial charge is 0.334 e. The summed E-state index contributed by atoms with van der Waals surface area (Å²) in [7, 11) is 0. The summed E-state index contributed by atoms with van der Waals surface area (Å²) < 4.78 is 17.0. The average molecular weight is 521 g/mol. The zero-order chi connectivity index (χ0) is 26.4. The summed E-state index contributed by atoms with van der Waals surface area (Å²) in [6.45, 7) is 7.79. The Morgan fingerprint density at radius 1 is 1.08 bits per heavy atom. The van der Waals surface area contributed by atoms with Gasteiger partial charge in [-0.2, -0.15) is 0 Å². The van der Waals surface area contributed by atoms with E-state index in [2.05, 4.69) is 0 Å². The van der Waals surface area contributed by atoms with Crippen LogP contribution in [-0.2, 0) is 19.0 Å². The second-order valence-corrected chi connectivity index (χ2v) is 13.7. The van der Waals surface area contributed by atoms with Gasteiger partial charge in [-0.25, -0.2) is 4.79 Å². The summed E-state index contributed by atoms with van der Waals surface area (Å²) >= 11 is 0. The number of hydrogen-bond acceptors (Lipinski definition) is 9. The third-order valence-electron chi connectivity index (χ3n) is 12.5. The lowest BCUT2D eigenvalue weighted by Crippen LogP contribution is -2.72. The zero-order valence-electron chi connectivity index (χ0n) is 21.9. The highest BCUT2D eigenvalue weighted by atomic mass is 16.6. The lowest BCUT2D eigenvalue weighted by atomic mass is 9.42. The van der Waals surface area contributed by atoms with Gasteiger partial charge in [-0.15, -0.1) is 0 Å². The van der Waals surface area contributed by atoms with Gasteiger partial charge < -0.3 is 39.7 Å². The second-order valence-electron chi connectivity index (χ2n) is 13.7. The molecule has 0 aromatic carbocycles. The van der Waals surface area contributed by atoms with Crippen molar-refractivity contribution in [2.24, 2.45) is 40.4 Å². The number of hydrogen-bond donors (Lipinski definition) is 5. The summed E-state index contributed by atoms with van der Waals surface area (Å²) in [5.74, 6) is -1.34. The lowest BCUT2D eigenvalue weighted by molar-refractivity contribution is -0.242. The topological polar surface area (TPSA) is 153 Å². The van der Waals surface area contributed by atoms with Gasteiger partial charge in [0.25, 0.3) is 0 Å². The number of ether oxygens (including phenoxy) is 3. The van der Waals surface area contributed by atoms with Crippen LogP contribution in [0.15, 0.2) is 11.1 Å². The highest BCUT2D eigenvalue weighted by Gasteiger charge is 2.82. The number of esters is 1. The van der Waals surface area contributed by atoms with Gasteiger partial charge in [-0.3, -0.25) is 0 Å². The molecule has 0 aromatic heterocycles. The Labute approximate surface area is 216 Å². The van der Waals surface area contributed by atoms with E-state index in [0.717, 1.165) is 5.57 Å². The van der Waals surface area contributed by atoms with Crippen molar-refractivity contribution in [1.82, 2.24) is 0 Å². The Kier molecular flexibility index (Phi) is 5.10. The fourth-order valence-corrected chi connectivity index (χ4v) is 10.2. The van der Waals surface area contributed by atoms with Gasteiger partial charge in [0.15, 0.2) is 0 Å². The molecule has 0 amide bonds. The van der Waals surface area contributed by atoms with E-state index < -0.39 is 40.8 Å². The van der Waals surface area contributed by atoms with Crippen molar-refractivity contribution >= 4 is 5.97 Å². The second kappa shape index (κ2) is 7.56. The van der Waals surface area contributed by atoms with Crippen LogP contribution in [0.3, 0.4) is 0 Å². The van der Waals surface area contributed by atoms with Crippen molar-refractivity contribution in [3.05, 3.63) is 11.1 Å². The Morgan fingerprint density at radius 2 is 1.81 bits per heavy atom. The van der Waals surface area contributed by atoms with Crippen molar-refractivity contribution < 1.29 is 44.5 Å². The van der Waals surface area contributed by atoms with Crippen LogP contribution in [-0.4, -0.2) is 92.5 Å². The van der Waals surface area contributed by atoms with Crippen LogP contribution in [0.2, 0.25) is 0 Å². The van der Waals surface area contributed by atoms with E-state index in [1.165, 1.54) is 0 Å². The van der Waals surface area contributed by atoms with Crippen molar-refractivity contribution in [3.8, 4) is 0 Å². The maximum Gasteiger partial charge on any atom is 0.334 e. The van der Waals surface area contributed by atoms with Crippen LogP contribution < -0.4 is 0 Å². The molecule has 3 aliphatic heterocycles. The highest BCUT2D eigenvalue weighted by molar-refractivity contribution is 5.91. The molecule has 7 aliphatic rings. The zero-order valence-corrected chi connectivity index (χ0v) is 21.9. The Morgan fingerprint density at radius 3 is 2.49 bits per heavy atom. The van der Waals surface area contributed by atoms with Crippen LogP contribution in [0.5, 0.6) is 0 Å². The Bertz CT molecular complexity index is 1060. The van der Waals surface area contributed by atoms with Crippen LogP contribution in [0, 0.1) is 40.4 Å². The first kappa shape index (κ1) is 24.9.